The smallest absolute Gasteiger partial charge is 0.227 e. The molecule has 1 fully saturated rings. The third-order valence-electron chi connectivity index (χ3n) is 7.95. The molecule has 44 heavy (non-hydrogen) atoms. The summed E-state index contributed by atoms with van der Waals surface area (Å²) in [5.74, 6) is 0.764. The van der Waals surface area contributed by atoms with E-state index in [1.54, 1.807) is 18.6 Å². The van der Waals surface area contributed by atoms with Gasteiger partial charge in [0.05, 0.1) is 40.3 Å². The van der Waals surface area contributed by atoms with Gasteiger partial charge in [0, 0.05) is 41.2 Å². The number of aromatic nitrogens is 6. The lowest BCUT2D eigenvalue weighted by atomic mass is 9.85. The summed E-state index contributed by atoms with van der Waals surface area (Å²) in [6.07, 6.45) is 8.04. The highest BCUT2D eigenvalue weighted by molar-refractivity contribution is 5.98. The molecule has 0 saturated heterocycles. The monoisotopic (exact) mass is 590 g/mol. The Bertz CT molecular complexity index is 2000. The molecule has 0 spiro atoms. The van der Waals surface area contributed by atoms with E-state index >= 15 is 0 Å². The van der Waals surface area contributed by atoms with Crippen molar-refractivity contribution in [1.82, 2.24) is 35.0 Å². The third-order valence-corrected chi connectivity index (χ3v) is 7.95. The van der Waals surface area contributed by atoms with Crippen molar-refractivity contribution in [3.8, 4) is 39.7 Å². The van der Waals surface area contributed by atoms with Gasteiger partial charge in [-0.1, -0.05) is 18.6 Å². The topological polar surface area (TPSA) is 125 Å². The number of fused-ring (bicyclic) bond motifs is 2. The maximum atomic E-state index is 14.7. The van der Waals surface area contributed by atoms with E-state index < -0.39 is 0 Å². The summed E-state index contributed by atoms with van der Waals surface area (Å²) in [5, 5.41) is 11.4. The van der Waals surface area contributed by atoms with E-state index in [0.717, 1.165) is 53.4 Å². The highest BCUT2D eigenvalue weighted by atomic mass is 19.1. The lowest BCUT2D eigenvalue weighted by Crippen LogP contribution is -2.28. The van der Waals surface area contributed by atoms with E-state index in [0.29, 0.717) is 46.3 Å². The maximum absolute atomic E-state index is 14.7. The van der Waals surface area contributed by atoms with E-state index in [1.165, 1.54) is 12.1 Å². The summed E-state index contributed by atoms with van der Waals surface area (Å²) in [6, 6.07) is 14.3. The fourth-order valence-corrected chi connectivity index (χ4v) is 5.34. The molecule has 1 amide bonds. The summed E-state index contributed by atoms with van der Waals surface area (Å²) in [5.41, 5.74) is 6.40. The van der Waals surface area contributed by atoms with Crippen LogP contribution in [-0.2, 0) is 4.79 Å². The number of carbonyl (C=O) groups is 1. The molecule has 1 aliphatic rings. The van der Waals surface area contributed by atoms with Crippen LogP contribution >= 0.6 is 0 Å². The summed E-state index contributed by atoms with van der Waals surface area (Å²) < 4.78 is 20.5. The number of imidazole rings is 1. The number of ether oxygens (including phenoxy) is 1. The molecule has 2 aromatic carbocycles. The number of carbonyl (C=O) groups excluding carboxylic acids is 1. The van der Waals surface area contributed by atoms with E-state index in [4.69, 9.17) is 9.72 Å². The van der Waals surface area contributed by atoms with Crippen LogP contribution in [0.4, 0.5) is 10.1 Å². The number of aromatic amines is 2. The molecule has 1 saturated carbocycles. The molecule has 6 aromatic rings. The van der Waals surface area contributed by atoms with Gasteiger partial charge < -0.3 is 19.9 Å². The minimum absolute atomic E-state index is 0.0336. The molecule has 1 aliphatic carbocycles. The number of likely N-dealkylation sites (N-methyl/N-ethyl adjacent to an activating group) is 1. The normalized spacial score (nSPS) is 13.5. The Balaban J connectivity index is 1.21. The fourth-order valence-electron chi connectivity index (χ4n) is 5.34. The Morgan fingerprint density at radius 1 is 1.07 bits per heavy atom. The van der Waals surface area contributed by atoms with Crippen molar-refractivity contribution in [3.05, 3.63) is 72.9 Å². The van der Waals surface area contributed by atoms with Crippen LogP contribution in [0.15, 0.2) is 67.1 Å². The van der Waals surface area contributed by atoms with E-state index in [-0.39, 0.29) is 17.6 Å². The van der Waals surface area contributed by atoms with Gasteiger partial charge in [0.1, 0.15) is 23.9 Å². The summed E-state index contributed by atoms with van der Waals surface area (Å²) >= 11 is 0. The fraction of sp³-hybridized carbons (Fsp3) is 0.242. The van der Waals surface area contributed by atoms with Crippen molar-refractivity contribution < 1.29 is 13.9 Å². The number of pyridine rings is 2. The van der Waals surface area contributed by atoms with Crippen LogP contribution in [0.5, 0.6) is 5.75 Å². The molecule has 222 valence electrons. The first-order valence-corrected chi connectivity index (χ1v) is 14.6. The minimum atomic E-state index is -0.380. The van der Waals surface area contributed by atoms with Crippen LogP contribution in [-0.4, -0.2) is 68.2 Å². The first-order chi connectivity index (χ1) is 21.4. The molecule has 0 unspecified atom stereocenters. The van der Waals surface area contributed by atoms with Gasteiger partial charge in [-0.2, -0.15) is 5.10 Å². The van der Waals surface area contributed by atoms with Crippen LogP contribution in [0.25, 0.3) is 55.8 Å². The van der Waals surface area contributed by atoms with Gasteiger partial charge in [0.25, 0.3) is 0 Å². The second-order valence-electron chi connectivity index (χ2n) is 11.4. The number of para-hydroxylation sites is 1. The molecule has 11 heteroatoms. The standard InChI is InChI=1S/C33H31FN8O2/c1-42(2)9-10-44-24-13-20(11-22(34)14-24)25-7-4-8-27-30(25)39-32(38-27)31-26-15-28(36-18-29(26)40-41-31)21-12-23(17-35-16-21)37-33(43)19-5-3-6-19/h4,7-8,11-19H,3,5-6,9-10H2,1-2H3,(H,37,43)(H,38,39)(H,40,41). The number of nitrogens with one attached hydrogen (secondary N) is 3. The van der Waals surface area contributed by atoms with Crippen LogP contribution < -0.4 is 10.1 Å². The predicted octanol–water partition coefficient (Wildman–Crippen LogP) is 6.05. The molecule has 0 radical (unpaired) electrons. The molecule has 7 rings (SSSR count). The zero-order chi connectivity index (χ0) is 30.2. The molecule has 4 aromatic heterocycles. The zero-order valence-electron chi connectivity index (χ0n) is 24.4. The highest BCUT2D eigenvalue weighted by Crippen LogP contribution is 2.34. The van der Waals surface area contributed by atoms with Crippen molar-refractivity contribution in [3.63, 3.8) is 0 Å². The van der Waals surface area contributed by atoms with Crippen molar-refractivity contribution in [1.29, 1.82) is 0 Å². The average molecular weight is 591 g/mol. The molecular formula is C33H31FN8O2. The first kappa shape index (κ1) is 27.7. The van der Waals surface area contributed by atoms with Crippen LogP contribution in [0, 0.1) is 11.7 Å². The third kappa shape index (κ3) is 5.49. The molecule has 10 nitrogen and oxygen atoms in total. The van der Waals surface area contributed by atoms with Crippen LogP contribution in [0.2, 0.25) is 0 Å². The lowest BCUT2D eigenvalue weighted by molar-refractivity contribution is -0.122. The number of nitrogens with zero attached hydrogens (tertiary/aromatic N) is 5. The predicted molar refractivity (Wildman–Crippen MR) is 168 cm³/mol. The number of hydrogen-bond acceptors (Lipinski definition) is 7. The first-order valence-electron chi connectivity index (χ1n) is 14.6. The van der Waals surface area contributed by atoms with Crippen molar-refractivity contribution >= 4 is 33.5 Å². The number of anilines is 1. The number of rotatable bonds is 9. The number of hydrogen-bond donors (Lipinski definition) is 3. The molecule has 0 aliphatic heterocycles. The van der Waals surface area contributed by atoms with Gasteiger partial charge in [0.15, 0.2) is 5.82 Å². The second kappa shape index (κ2) is 11.5. The summed E-state index contributed by atoms with van der Waals surface area (Å²) in [4.78, 5) is 31.7. The second-order valence-corrected chi connectivity index (χ2v) is 11.4. The Morgan fingerprint density at radius 3 is 2.77 bits per heavy atom. The number of amides is 1. The van der Waals surface area contributed by atoms with Gasteiger partial charge in [-0.15, -0.1) is 0 Å². The SMILES string of the molecule is CN(C)CCOc1cc(F)cc(-c2cccc3[nH]c(-c4n[nH]c5cnc(-c6cncc(NC(=O)C7CCC7)c6)cc45)nc23)c1. The quantitative estimate of drug-likeness (QED) is 0.187. The van der Waals surface area contributed by atoms with Gasteiger partial charge >= 0.3 is 0 Å². The van der Waals surface area contributed by atoms with Crippen molar-refractivity contribution in [2.45, 2.75) is 19.3 Å². The Hall–Kier alpha value is -5.16. The van der Waals surface area contributed by atoms with E-state index in [9.17, 15) is 9.18 Å². The van der Waals surface area contributed by atoms with Crippen molar-refractivity contribution in [2.24, 2.45) is 5.92 Å². The highest BCUT2D eigenvalue weighted by Gasteiger charge is 2.25. The van der Waals surface area contributed by atoms with Crippen LogP contribution in [0.3, 0.4) is 0 Å². The number of benzene rings is 2. The minimum Gasteiger partial charge on any atom is -0.492 e. The molecule has 0 bridgehead atoms. The van der Waals surface area contributed by atoms with Gasteiger partial charge in [-0.3, -0.25) is 19.9 Å². The van der Waals surface area contributed by atoms with Gasteiger partial charge in [-0.25, -0.2) is 9.37 Å². The molecular weight excluding hydrogens is 559 g/mol. The number of halogens is 1. The van der Waals surface area contributed by atoms with E-state index in [1.807, 2.05) is 55.4 Å². The van der Waals surface area contributed by atoms with Gasteiger partial charge in [-0.05, 0) is 62.8 Å². The van der Waals surface area contributed by atoms with E-state index in [2.05, 4.69) is 30.5 Å². The summed E-state index contributed by atoms with van der Waals surface area (Å²) in [7, 11) is 3.92. The van der Waals surface area contributed by atoms with Crippen molar-refractivity contribution in [2.75, 3.05) is 32.6 Å². The largest absolute Gasteiger partial charge is 0.492 e. The Morgan fingerprint density at radius 2 is 1.95 bits per heavy atom. The molecule has 3 N–H and O–H groups in total. The molecule has 4 heterocycles. The van der Waals surface area contributed by atoms with Crippen LogP contribution in [0.1, 0.15) is 19.3 Å². The summed E-state index contributed by atoms with van der Waals surface area (Å²) in [6.45, 7) is 1.17. The average Bonchev–Trinajstić information content (AvgIpc) is 3.59. The maximum Gasteiger partial charge on any atom is 0.227 e. The Labute approximate surface area is 252 Å². The van der Waals surface area contributed by atoms with Gasteiger partial charge in [0.2, 0.25) is 5.91 Å². The zero-order valence-corrected chi connectivity index (χ0v) is 24.4. The Kier molecular flexibility index (Phi) is 7.23. The lowest BCUT2D eigenvalue weighted by Gasteiger charge is -2.24. The number of H-pyrrole nitrogens is 2. The molecule has 0 atom stereocenters.